The van der Waals surface area contributed by atoms with Gasteiger partial charge in [0.15, 0.2) is 0 Å². The number of phenols is 1. The van der Waals surface area contributed by atoms with E-state index in [0.717, 1.165) is 54.0 Å². The number of phenolic OH excluding ortho intramolecular Hbond substituents is 1. The summed E-state index contributed by atoms with van der Waals surface area (Å²) >= 11 is 12.5. The van der Waals surface area contributed by atoms with E-state index < -0.39 is 0 Å². The van der Waals surface area contributed by atoms with Crippen LogP contribution >= 0.6 is 23.2 Å². The van der Waals surface area contributed by atoms with Gasteiger partial charge in [-0.05, 0) is 24.3 Å². The summed E-state index contributed by atoms with van der Waals surface area (Å²) in [5, 5.41) is 11.4. The lowest BCUT2D eigenvalue weighted by molar-refractivity contribution is 0.249. The molecule has 1 saturated heterocycles. The summed E-state index contributed by atoms with van der Waals surface area (Å²) in [6.45, 7) is 4.33. The van der Waals surface area contributed by atoms with Crippen LogP contribution in [-0.2, 0) is 6.54 Å². The monoisotopic (exact) mass is 336 g/mol. The molecule has 1 aliphatic heterocycles. The van der Waals surface area contributed by atoms with Crippen molar-refractivity contribution in [2.45, 2.75) is 6.54 Å². The van der Waals surface area contributed by atoms with Gasteiger partial charge < -0.3 is 10.0 Å². The molecule has 1 aliphatic rings. The Bertz CT molecular complexity index is 635. The highest BCUT2D eigenvalue weighted by molar-refractivity contribution is 6.35. The summed E-state index contributed by atoms with van der Waals surface area (Å²) in [4.78, 5) is 4.55. The molecule has 2 aromatic rings. The maximum Gasteiger partial charge on any atom is 0.138 e. The number of nitrogens with zero attached hydrogens (tertiary/aromatic N) is 2. The fourth-order valence-corrected chi connectivity index (χ4v) is 3.30. The van der Waals surface area contributed by atoms with Crippen LogP contribution in [0.3, 0.4) is 0 Å². The van der Waals surface area contributed by atoms with Crippen LogP contribution in [0, 0.1) is 0 Å². The Hall–Kier alpha value is -1.42. The fraction of sp³-hybridized carbons (Fsp3) is 0.294. The van der Waals surface area contributed by atoms with Gasteiger partial charge >= 0.3 is 0 Å². The summed E-state index contributed by atoms with van der Waals surface area (Å²) in [5.74, 6) is 0.338. The van der Waals surface area contributed by atoms with Crippen molar-refractivity contribution in [1.29, 1.82) is 0 Å². The second kappa shape index (κ2) is 6.78. The van der Waals surface area contributed by atoms with Crippen molar-refractivity contribution in [3.05, 3.63) is 58.1 Å². The van der Waals surface area contributed by atoms with E-state index in [9.17, 15) is 5.11 Å². The smallest absolute Gasteiger partial charge is 0.138 e. The standard InChI is InChI=1S/C17H18Cl2N2O/c18-14-4-3-5-15(19)13(14)12-20-8-10-21(11-9-20)16-6-1-2-7-17(16)22/h1-7,22H,8-12H2. The van der Waals surface area contributed by atoms with Gasteiger partial charge in [0.25, 0.3) is 0 Å². The van der Waals surface area contributed by atoms with Crippen LogP contribution < -0.4 is 4.90 Å². The van der Waals surface area contributed by atoms with Crippen molar-refractivity contribution < 1.29 is 5.11 Å². The predicted molar refractivity (Wildman–Crippen MR) is 92.1 cm³/mol. The van der Waals surface area contributed by atoms with Gasteiger partial charge in [-0.2, -0.15) is 0 Å². The van der Waals surface area contributed by atoms with E-state index in [1.54, 1.807) is 6.07 Å². The van der Waals surface area contributed by atoms with Gasteiger partial charge in [-0.15, -0.1) is 0 Å². The molecule has 0 amide bonds. The van der Waals surface area contributed by atoms with Gasteiger partial charge in [-0.1, -0.05) is 41.4 Å². The highest BCUT2D eigenvalue weighted by Gasteiger charge is 2.20. The number of halogens is 2. The molecule has 1 N–H and O–H groups in total. The van der Waals surface area contributed by atoms with E-state index in [1.165, 1.54) is 0 Å². The zero-order chi connectivity index (χ0) is 15.5. The van der Waals surface area contributed by atoms with Gasteiger partial charge in [0.05, 0.1) is 5.69 Å². The number of rotatable bonds is 3. The first-order valence-electron chi connectivity index (χ1n) is 7.33. The number of aromatic hydroxyl groups is 1. The first-order chi connectivity index (χ1) is 10.6. The largest absolute Gasteiger partial charge is 0.506 e. The first-order valence-corrected chi connectivity index (χ1v) is 8.09. The van der Waals surface area contributed by atoms with E-state index in [4.69, 9.17) is 23.2 Å². The van der Waals surface area contributed by atoms with Gasteiger partial charge in [-0.25, -0.2) is 0 Å². The molecule has 0 radical (unpaired) electrons. The fourth-order valence-electron chi connectivity index (χ4n) is 2.79. The minimum absolute atomic E-state index is 0.338. The average Bonchev–Trinajstić information content (AvgIpc) is 2.52. The Morgan fingerprint density at radius 1 is 0.864 bits per heavy atom. The molecule has 0 saturated carbocycles. The van der Waals surface area contributed by atoms with Crippen LogP contribution in [0.1, 0.15) is 5.56 Å². The molecule has 0 aliphatic carbocycles. The van der Waals surface area contributed by atoms with Gasteiger partial charge in [-0.3, -0.25) is 4.90 Å². The molecule has 3 nitrogen and oxygen atoms in total. The Labute approximate surface area is 140 Å². The summed E-state index contributed by atoms with van der Waals surface area (Å²) in [7, 11) is 0. The Balaban J connectivity index is 1.64. The maximum atomic E-state index is 9.95. The molecule has 0 bridgehead atoms. The van der Waals surface area contributed by atoms with Gasteiger partial charge in [0.2, 0.25) is 0 Å². The quantitative estimate of drug-likeness (QED) is 0.916. The number of hydrogen-bond donors (Lipinski definition) is 1. The lowest BCUT2D eigenvalue weighted by Gasteiger charge is -2.36. The number of anilines is 1. The molecular formula is C17H18Cl2N2O. The van der Waals surface area contributed by atoms with Crippen LogP contribution in [-0.4, -0.2) is 36.2 Å². The van der Waals surface area contributed by atoms with Crippen molar-refractivity contribution >= 4 is 28.9 Å². The van der Waals surface area contributed by atoms with E-state index in [1.807, 2.05) is 36.4 Å². The normalized spacial score (nSPS) is 16.0. The summed E-state index contributed by atoms with van der Waals surface area (Å²) < 4.78 is 0. The van der Waals surface area contributed by atoms with Crippen LogP contribution in [0.25, 0.3) is 0 Å². The predicted octanol–water partition coefficient (Wildman–Crippen LogP) is 4.02. The number of para-hydroxylation sites is 2. The van der Waals surface area contributed by atoms with Crippen molar-refractivity contribution in [2.24, 2.45) is 0 Å². The molecule has 1 heterocycles. The van der Waals surface area contributed by atoms with E-state index in [0.29, 0.717) is 5.75 Å². The van der Waals surface area contributed by atoms with Gasteiger partial charge in [0.1, 0.15) is 5.75 Å². The number of benzene rings is 2. The molecular weight excluding hydrogens is 319 g/mol. The molecule has 0 atom stereocenters. The van der Waals surface area contributed by atoms with E-state index in [-0.39, 0.29) is 0 Å². The van der Waals surface area contributed by atoms with Crippen molar-refractivity contribution in [3.63, 3.8) is 0 Å². The Morgan fingerprint density at radius 3 is 2.14 bits per heavy atom. The topological polar surface area (TPSA) is 26.7 Å². The summed E-state index contributed by atoms with van der Waals surface area (Å²) in [6.07, 6.45) is 0. The maximum absolute atomic E-state index is 9.95. The zero-order valence-electron chi connectivity index (χ0n) is 12.2. The minimum atomic E-state index is 0.338. The second-order valence-corrected chi connectivity index (χ2v) is 6.27. The molecule has 1 fully saturated rings. The average molecular weight is 337 g/mol. The van der Waals surface area contributed by atoms with Crippen molar-refractivity contribution in [3.8, 4) is 5.75 Å². The third kappa shape index (κ3) is 3.32. The molecule has 5 heteroatoms. The Morgan fingerprint density at radius 2 is 1.50 bits per heavy atom. The highest BCUT2D eigenvalue weighted by atomic mass is 35.5. The molecule has 0 spiro atoms. The molecule has 3 rings (SSSR count). The minimum Gasteiger partial charge on any atom is -0.506 e. The molecule has 116 valence electrons. The Kier molecular flexibility index (Phi) is 4.77. The van der Waals surface area contributed by atoms with Crippen molar-refractivity contribution in [2.75, 3.05) is 31.1 Å². The number of piperazine rings is 1. The summed E-state index contributed by atoms with van der Waals surface area (Å²) in [5.41, 5.74) is 1.89. The third-order valence-electron chi connectivity index (χ3n) is 4.04. The lowest BCUT2D eigenvalue weighted by Crippen LogP contribution is -2.46. The van der Waals surface area contributed by atoms with Crippen LogP contribution in [0.4, 0.5) is 5.69 Å². The van der Waals surface area contributed by atoms with E-state index >= 15 is 0 Å². The first kappa shape index (κ1) is 15.5. The van der Waals surface area contributed by atoms with Crippen LogP contribution in [0.2, 0.25) is 10.0 Å². The summed E-state index contributed by atoms with van der Waals surface area (Å²) in [6, 6.07) is 13.1. The zero-order valence-corrected chi connectivity index (χ0v) is 13.7. The number of hydrogen-bond acceptors (Lipinski definition) is 3. The molecule has 2 aromatic carbocycles. The highest BCUT2D eigenvalue weighted by Crippen LogP contribution is 2.29. The molecule has 0 unspecified atom stereocenters. The van der Waals surface area contributed by atoms with Crippen LogP contribution in [0.15, 0.2) is 42.5 Å². The van der Waals surface area contributed by atoms with Crippen LogP contribution in [0.5, 0.6) is 5.75 Å². The second-order valence-electron chi connectivity index (χ2n) is 5.45. The molecule has 0 aromatic heterocycles. The SMILES string of the molecule is Oc1ccccc1N1CCN(Cc2c(Cl)cccc2Cl)CC1. The molecule has 22 heavy (non-hydrogen) atoms. The van der Waals surface area contributed by atoms with Crippen molar-refractivity contribution in [1.82, 2.24) is 4.90 Å². The lowest BCUT2D eigenvalue weighted by atomic mass is 10.2. The third-order valence-corrected chi connectivity index (χ3v) is 4.75. The van der Waals surface area contributed by atoms with Gasteiger partial charge in [0, 0.05) is 48.3 Å². The van der Waals surface area contributed by atoms with E-state index in [2.05, 4.69) is 9.80 Å².